The quantitative estimate of drug-likeness (QED) is 0.733. The van der Waals surface area contributed by atoms with Gasteiger partial charge in [-0.25, -0.2) is 0 Å². The van der Waals surface area contributed by atoms with Gasteiger partial charge in [0.2, 0.25) is 12.5 Å². The Morgan fingerprint density at radius 2 is 1.78 bits per heavy atom. The first-order valence-corrected chi connectivity index (χ1v) is 8.72. The number of benzene rings is 2. The molecule has 6 heteroatoms. The molecule has 0 saturated carbocycles. The first-order chi connectivity index (χ1) is 13.2. The summed E-state index contributed by atoms with van der Waals surface area (Å²) in [7, 11) is 3.21. The summed E-state index contributed by atoms with van der Waals surface area (Å²) in [6.07, 6.45) is 2.54. The van der Waals surface area contributed by atoms with Crippen molar-refractivity contribution in [1.29, 1.82) is 0 Å². The van der Waals surface area contributed by atoms with Crippen molar-refractivity contribution in [2.75, 3.05) is 34.2 Å². The minimum absolute atomic E-state index is 0.252. The molecule has 4 rings (SSSR count). The fourth-order valence-corrected chi connectivity index (χ4v) is 3.33. The maximum absolute atomic E-state index is 5.73. The van der Waals surface area contributed by atoms with Crippen LogP contribution in [0.4, 0.5) is 0 Å². The molecular weight excluding hydrogens is 346 g/mol. The molecule has 0 radical (unpaired) electrons. The summed E-state index contributed by atoms with van der Waals surface area (Å²) >= 11 is 0. The van der Waals surface area contributed by atoms with Gasteiger partial charge in [-0.3, -0.25) is 4.99 Å². The summed E-state index contributed by atoms with van der Waals surface area (Å²) < 4.78 is 27.9. The number of rotatable bonds is 6. The topological polar surface area (TPSA) is 58.5 Å². The van der Waals surface area contributed by atoms with Gasteiger partial charge in [-0.05, 0) is 36.2 Å². The lowest BCUT2D eigenvalue weighted by molar-refractivity contribution is 0.174. The first-order valence-electron chi connectivity index (χ1n) is 8.72. The molecule has 0 atom stereocenters. The van der Waals surface area contributed by atoms with Crippen LogP contribution in [0, 0.1) is 0 Å². The van der Waals surface area contributed by atoms with E-state index in [1.807, 2.05) is 24.3 Å². The number of hydrogen-bond donors (Lipinski definition) is 0. The molecule has 2 heterocycles. The minimum atomic E-state index is 0.252. The van der Waals surface area contributed by atoms with Gasteiger partial charge in [-0.15, -0.1) is 0 Å². The number of aliphatic imine (C=N–C) groups is 1. The van der Waals surface area contributed by atoms with E-state index in [4.69, 9.17) is 28.7 Å². The van der Waals surface area contributed by atoms with Crippen molar-refractivity contribution in [2.24, 2.45) is 4.99 Å². The van der Waals surface area contributed by atoms with Crippen LogP contribution in [0.1, 0.15) is 16.7 Å². The lowest BCUT2D eigenvalue weighted by Gasteiger charge is -2.20. The molecule has 0 spiro atoms. The SMILES string of the molecule is C=CCOc1c(OC)cc(C2=NCCc3cc4c(cc32)OCO4)cc1OC. The summed E-state index contributed by atoms with van der Waals surface area (Å²) in [5.74, 6) is 3.25. The van der Waals surface area contributed by atoms with Crippen LogP contribution in [0.15, 0.2) is 41.9 Å². The average molecular weight is 367 g/mol. The molecule has 0 aromatic heterocycles. The molecule has 6 nitrogen and oxygen atoms in total. The second-order valence-electron chi connectivity index (χ2n) is 6.15. The molecule has 0 saturated heterocycles. The number of nitrogens with zero attached hydrogens (tertiary/aromatic N) is 1. The Balaban J connectivity index is 1.80. The molecule has 0 fully saturated rings. The van der Waals surface area contributed by atoms with E-state index in [0.29, 0.717) is 30.4 Å². The van der Waals surface area contributed by atoms with Crippen molar-refractivity contribution in [3.8, 4) is 28.7 Å². The van der Waals surface area contributed by atoms with Crippen LogP contribution in [-0.4, -0.2) is 39.9 Å². The van der Waals surface area contributed by atoms with Crippen molar-refractivity contribution in [2.45, 2.75) is 6.42 Å². The Labute approximate surface area is 158 Å². The molecule has 0 unspecified atom stereocenters. The van der Waals surface area contributed by atoms with E-state index in [-0.39, 0.29) is 6.79 Å². The van der Waals surface area contributed by atoms with Crippen molar-refractivity contribution in [3.05, 3.63) is 53.6 Å². The third kappa shape index (κ3) is 3.07. The van der Waals surface area contributed by atoms with Crippen LogP contribution in [-0.2, 0) is 6.42 Å². The summed E-state index contributed by atoms with van der Waals surface area (Å²) in [5, 5.41) is 0. The molecule has 2 aromatic rings. The largest absolute Gasteiger partial charge is 0.493 e. The Hall–Kier alpha value is -3.15. The Morgan fingerprint density at radius 3 is 2.44 bits per heavy atom. The monoisotopic (exact) mass is 367 g/mol. The second-order valence-corrected chi connectivity index (χ2v) is 6.15. The lowest BCUT2D eigenvalue weighted by atomic mass is 9.92. The maximum Gasteiger partial charge on any atom is 0.231 e. The van der Waals surface area contributed by atoms with Crippen molar-refractivity contribution in [1.82, 2.24) is 0 Å². The fourth-order valence-electron chi connectivity index (χ4n) is 3.33. The zero-order chi connectivity index (χ0) is 18.8. The molecule has 0 N–H and O–H groups in total. The average Bonchev–Trinajstić information content (AvgIpc) is 3.16. The normalized spacial score (nSPS) is 14.2. The van der Waals surface area contributed by atoms with Gasteiger partial charge in [0.25, 0.3) is 0 Å². The Bertz CT molecular complexity index is 894. The molecule has 0 amide bonds. The van der Waals surface area contributed by atoms with Crippen LogP contribution in [0.5, 0.6) is 28.7 Å². The lowest BCUT2D eigenvalue weighted by Crippen LogP contribution is -2.14. The minimum Gasteiger partial charge on any atom is -0.493 e. The number of fused-ring (bicyclic) bond motifs is 2. The summed E-state index contributed by atoms with van der Waals surface area (Å²) in [6.45, 7) is 5.01. The van der Waals surface area contributed by atoms with Gasteiger partial charge in [0.15, 0.2) is 23.0 Å². The number of ether oxygens (including phenoxy) is 5. The van der Waals surface area contributed by atoms with Crippen LogP contribution >= 0.6 is 0 Å². The number of hydrogen-bond acceptors (Lipinski definition) is 6. The Kier molecular flexibility index (Phi) is 4.62. The highest BCUT2D eigenvalue weighted by Gasteiger charge is 2.24. The standard InChI is InChI=1S/C21H21NO5/c1-4-7-25-21-18(23-2)9-14(10-19(21)24-3)20-15-11-17-16(26-12-27-17)8-13(15)5-6-22-20/h4,8-11H,1,5-7,12H2,2-3H3. The molecule has 2 aliphatic heterocycles. The van der Waals surface area contributed by atoms with E-state index < -0.39 is 0 Å². The number of methoxy groups -OCH3 is 2. The molecule has 0 bridgehead atoms. The van der Waals surface area contributed by atoms with E-state index in [2.05, 4.69) is 6.58 Å². The highest BCUT2D eigenvalue weighted by Crippen LogP contribution is 2.41. The third-order valence-corrected chi connectivity index (χ3v) is 4.58. The second kappa shape index (κ2) is 7.23. The molecule has 140 valence electrons. The maximum atomic E-state index is 5.73. The van der Waals surface area contributed by atoms with E-state index in [0.717, 1.165) is 34.8 Å². The van der Waals surface area contributed by atoms with Crippen molar-refractivity contribution >= 4 is 5.71 Å². The van der Waals surface area contributed by atoms with Crippen LogP contribution in [0.25, 0.3) is 0 Å². The zero-order valence-electron chi connectivity index (χ0n) is 15.4. The summed E-state index contributed by atoms with van der Waals surface area (Å²) in [5.41, 5.74) is 4.00. The fraction of sp³-hybridized carbons (Fsp3) is 0.286. The highest BCUT2D eigenvalue weighted by molar-refractivity contribution is 6.15. The van der Waals surface area contributed by atoms with E-state index in [1.165, 1.54) is 5.56 Å². The highest BCUT2D eigenvalue weighted by atomic mass is 16.7. The van der Waals surface area contributed by atoms with E-state index >= 15 is 0 Å². The first kappa shape index (κ1) is 17.3. The van der Waals surface area contributed by atoms with Gasteiger partial charge in [-0.1, -0.05) is 12.7 Å². The van der Waals surface area contributed by atoms with Crippen molar-refractivity contribution < 1.29 is 23.7 Å². The van der Waals surface area contributed by atoms with Crippen LogP contribution in [0.2, 0.25) is 0 Å². The van der Waals surface area contributed by atoms with Gasteiger partial charge in [0, 0.05) is 17.7 Å². The third-order valence-electron chi connectivity index (χ3n) is 4.58. The smallest absolute Gasteiger partial charge is 0.231 e. The Morgan fingerprint density at radius 1 is 1.07 bits per heavy atom. The summed E-state index contributed by atoms with van der Waals surface area (Å²) in [4.78, 5) is 4.76. The molecule has 0 aliphatic carbocycles. The zero-order valence-corrected chi connectivity index (χ0v) is 15.4. The van der Waals surface area contributed by atoms with Gasteiger partial charge < -0.3 is 23.7 Å². The predicted molar refractivity (Wildman–Crippen MR) is 102 cm³/mol. The van der Waals surface area contributed by atoms with Gasteiger partial charge in [-0.2, -0.15) is 0 Å². The molecule has 27 heavy (non-hydrogen) atoms. The van der Waals surface area contributed by atoms with Gasteiger partial charge in [0.05, 0.1) is 19.9 Å². The van der Waals surface area contributed by atoms with Crippen molar-refractivity contribution in [3.63, 3.8) is 0 Å². The predicted octanol–water partition coefficient (Wildman–Crippen LogP) is 3.39. The van der Waals surface area contributed by atoms with E-state index in [1.54, 1.807) is 20.3 Å². The van der Waals surface area contributed by atoms with Crippen LogP contribution in [0.3, 0.4) is 0 Å². The summed E-state index contributed by atoms with van der Waals surface area (Å²) in [6, 6.07) is 7.87. The van der Waals surface area contributed by atoms with Crippen LogP contribution < -0.4 is 23.7 Å². The van der Waals surface area contributed by atoms with Gasteiger partial charge in [0.1, 0.15) is 6.61 Å². The molecular formula is C21H21NO5. The van der Waals surface area contributed by atoms with Gasteiger partial charge >= 0.3 is 0 Å². The molecule has 2 aromatic carbocycles. The molecule has 2 aliphatic rings. The van der Waals surface area contributed by atoms with E-state index in [9.17, 15) is 0 Å².